The molecule has 3 saturated carbocycles. The van der Waals surface area contributed by atoms with Crippen molar-refractivity contribution >= 4 is 5.97 Å². The Bertz CT molecular complexity index is 207. The zero-order valence-corrected chi connectivity index (χ0v) is 8.03. The third kappa shape index (κ3) is 1.35. The average molecular weight is 183 g/mol. The van der Waals surface area contributed by atoms with Gasteiger partial charge in [-0.25, -0.2) is 0 Å². The molecule has 74 valence electrons. The Morgan fingerprint density at radius 2 is 1.77 bits per heavy atom. The van der Waals surface area contributed by atoms with Crippen molar-refractivity contribution in [2.24, 2.45) is 23.5 Å². The zero-order valence-electron chi connectivity index (χ0n) is 8.03. The first-order chi connectivity index (χ1) is 6.24. The van der Waals surface area contributed by atoms with E-state index < -0.39 is 0 Å². The summed E-state index contributed by atoms with van der Waals surface area (Å²) in [4.78, 5) is 11.5. The van der Waals surface area contributed by atoms with Crippen molar-refractivity contribution in [3.05, 3.63) is 0 Å². The molecule has 3 nitrogen and oxygen atoms in total. The van der Waals surface area contributed by atoms with Gasteiger partial charge < -0.3 is 10.5 Å². The van der Waals surface area contributed by atoms with E-state index in [1.165, 1.54) is 20.0 Å². The summed E-state index contributed by atoms with van der Waals surface area (Å²) in [6, 6.07) is 0.0555. The van der Waals surface area contributed by atoms with Crippen molar-refractivity contribution in [1.82, 2.24) is 0 Å². The molecule has 0 radical (unpaired) electrons. The van der Waals surface area contributed by atoms with E-state index in [9.17, 15) is 4.79 Å². The third-order valence-corrected chi connectivity index (χ3v) is 3.76. The summed E-state index contributed by atoms with van der Waals surface area (Å²) in [5.41, 5.74) is 6.04. The van der Waals surface area contributed by atoms with Gasteiger partial charge in [0.25, 0.3) is 0 Å². The second-order valence-electron chi connectivity index (χ2n) is 4.30. The van der Waals surface area contributed by atoms with Crippen molar-refractivity contribution in [3.8, 4) is 0 Å². The summed E-state index contributed by atoms with van der Waals surface area (Å²) in [7, 11) is 1.46. The summed E-state index contributed by atoms with van der Waals surface area (Å²) >= 11 is 0. The highest BCUT2D eigenvalue weighted by Gasteiger charge is 2.45. The van der Waals surface area contributed by atoms with Crippen molar-refractivity contribution in [2.75, 3.05) is 7.11 Å². The fourth-order valence-corrected chi connectivity index (χ4v) is 2.98. The molecule has 0 saturated heterocycles. The number of carbonyl (C=O) groups excluding carboxylic acids is 1. The fourth-order valence-electron chi connectivity index (χ4n) is 2.98. The van der Waals surface area contributed by atoms with Gasteiger partial charge in [0.15, 0.2) is 0 Å². The number of hydrogen-bond donors (Lipinski definition) is 1. The minimum atomic E-state index is -0.0955. The predicted molar refractivity (Wildman–Crippen MR) is 48.9 cm³/mol. The average Bonchev–Trinajstić information content (AvgIpc) is 2.18. The lowest BCUT2D eigenvalue weighted by atomic mass is 9.62. The maximum absolute atomic E-state index is 11.5. The molecular formula is C10H17NO2. The molecule has 0 spiro atoms. The molecule has 0 aliphatic heterocycles. The van der Waals surface area contributed by atoms with Gasteiger partial charge in [0.2, 0.25) is 0 Å². The van der Waals surface area contributed by atoms with Crippen molar-refractivity contribution < 1.29 is 9.53 Å². The second kappa shape index (κ2) is 3.29. The molecule has 3 fully saturated rings. The number of methoxy groups -OCH3 is 1. The first kappa shape index (κ1) is 9.00. The van der Waals surface area contributed by atoms with E-state index in [2.05, 4.69) is 0 Å². The molecule has 2 atom stereocenters. The van der Waals surface area contributed by atoms with Crippen LogP contribution in [0.1, 0.15) is 25.7 Å². The van der Waals surface area contributed by atoms with E-state index >= 15 is 0 Å². The number of fused-ring (bicyclic) bond motifs is 3. The maximum atomic E-state index is 11.5. The van der Waals surface area contributed by atoms with E-state index in [-0.39, 0.29) is 17.9 Å². The molecule has 0 aromatic carbocycles. The molecule has 0 unspecified atom stereocenters. The van der Waals surface area contributed by atoms with Crippen molar-refractivity contribution in [1.29, 1.82) is 0 Å². The van der Waals surface area contributed by atoms with Crippen LogP contribution < -0.4 is 5.73 Å². The standard InChI is InChI=1S/C10H17NO2/c1-13-10(12)8-6-2-4-7(5-3-6)9(8)11/h6-9H,2-5,11H2,1H3/t6?,7?,8-,9-/m0/s1. The fraction of sp³-hybridized carbons (Fsp3) is 0.900. The molecule has 0 amide bonds. The minimum Gasteiger partial charge on any atom is -0.469 e. The van der Waals surface area contributed by atoms with Crippen molar-refractivity contribution in [3.63, 3.8) is 0 Å². The largest absolute Gasteiger partial charge is 0.469 e. The van der Waals surface area contributed by atoms with Crippen LogP contribution in [0.15, 0.2) is 0 Å². The quantitative estimate of drug-likeness (QED) is 0.615. The van der Waals surface area contributed by atoms with Gasteiger partial charge in [-0.1, -0.05) is 0 Å². The highest BCUT2D eigenvalue weighted by molar-refractivity contribution is 5.74. The van der Waals surface area contributed by atoms with Crippen molar-refractivity contribution in [2.45, 2.75) is 31.7 Å². The van der Waals surface area contributed by atoms with E-state index in [1.54, 1.807) is 0 Å². The Balaban J connectivity index is 2.14. The molecule has 2 bridgehead atoms. The summed E-state index contributed by atoms with van der Waals surface area (Å²) < 4.78 is 4.79. The molecule has 3 rings (SSSR count). The summed E-state index contributed by atoms with van der Waals surface area (Å²) in [6.07, 6.45) is 4.74. The lowest BCUT2D eigenvalue weighted by Gasteiger charge is -2.45. The molecule has 3 aliphatic carbocycles. The Labute approximate surface area is 78.6 Å². The van der Waals surface area contributed by atoms with Gasteiger partial charge in [-0.15, -0.1) is 0 Å². The van der Waals surface area contributed by atoms with Crippen LogP contribution in [0.2, 0.25) is 0 Å². The molecule has 0 aromatic rings. The summed E-state index contributed by atoms with van der Waals surface area (Å²) in [6.45, 7) is 0. The van der Waals surface area contributed by atoms with Gasteiger partial charge in [-0.05, 0) is 37.5 Å². The molecule has 2 N–H and O–H groups in total. The Morgan fingerprint density at radius 3 is 2.23 bits per heavy atom. The molecule has 0 heterocycles. The smallest absolute Gasteiger partial charge is 0.310 e. The number of ether oxygens (including phenoxy) is 1. The monoisotopic (exact) mass is 183 g/mol. The van der Waals surface area contributed by atoms with Gasteiger partial charge in [-0.3, -0.25) is 4.79 Å². The topological polar surface area (TPSA) is 52.3 Å². The number of hydrogen-bond acceptors (Lipinski definition) is 3. The Morgan fingerprint density at radius 1 is 1.23 bits per heavy atom. The molecular weight excluding hydrogens is 166 g/mol. The van der Waals surface area contributed by atoms with Gasteiger partial charge in [0.1, 0.15) is 0 Å². The number of nitrogens with two attached hydrogens (primary N) is 1. The van der Waals surface area contributed by atoms with Gasteiger partial charge >= 0.3 is 5.97 Å². The Hall–Kier alpha value is -0.570. The summed E-state index contributed by atoms with van der Waals surface area (Å²) in [5.74, 6) is 0.945. The van der Waals surface area contributed by atoms with Crippen LogP contribution in [0.25, 0.3) is 0 Å². The Kier molecular flexibility index (Phi) is 2.28. The highest BCUT2D eigenvalue weighted by atomic mass is 16.5. The SMILES string of the molecule is COC(=O)[C@H]1C2CCC(CC2)[C@@H]1N. The van der Waals surface area contributed by atoms with E-state index in [1.807, 2.05) is 0 Å². The number of esters is 1. The first-order valence-corrected chi connectivity index (χ1v) is 5.07. The highest BCUT2D eigenvalue weighted by Crippen LogP contribution is 2.44. The third-order valence-electron chi connectivity index (χ3n) is 3.76. The van der Waals surface area contributed by atoms with Crippen LogP contribution in [0.5, 0.6) is 0 Å². The first-order valence-electron chi connectivity index (χ1n) is 5.07. The van der Waals surface area contributed by atoms with Crippen LogP contribution in [-0.2, 0) is 9.53 Å². The second-order valence-corrected chi connectivity index (χ2v) is 4.30. The maximum Gasteiger partial charge on any atom is 0.310 e. The van der Waals surface area contributed by atoms with Crippen LogP contribution >= 0.6 is 0 Å². The van der Waals surface area contributed by atoms with Gasteiger partial charge in [-0.2, -0.15) is 0 Å². The van der Waals surface area contributed by atoms with Crippen LogP contribution in [0.4, 0.5) is 0 Å². The van der Waals surface area contributed by atoms with Gasteiger partial charge in [0, 0.05) is 6.04 Å². The van der Waals surface area contributed by atoms with Gasteiger partial charge in [0.05, 0.1) is 13.0 Å². The lowest BCUT2D eigenvalue weighted by molar-refractivity contribution is -0.152. The van der Waals surface area contributed by atoms with Crippen LogP contribution in [0.3, 0.4) is 0 Å². The van der Waals surface area contributed by atoms with E-state index in [4.69, 9.17) is 10.5 Å². The van der Waals surface area contributed by atoms with E-state index in [0.29, 0.717) is 11.8 Å². The van der Waals surface area contributed by atoms with E-state index in [0.717, 1.165) is 12.8 Å². The molecule has 13 heavy (non-hydrogen) atoms. The molecule has 0 aromatic heterocycles. The molecule has 3 aliphatic rings. The van der Waals surface area contributed by atoms with Crippen LogP contribution in [0, 0.1) is 17.8 Å². The summed E-state index contributed by atoms with van der Waals surface area (Å²) in [5, 5.41) is 0. The minimum absolute atomic E-state index is 0.0162. The van der Waals surface area contributed by atoms with Crippen LogP contribution in [-0.4, -0.2) is 19.1 Å². The lowest BCUT2D eigenvalue weighted by Crippen LogP contribution is -2.52. The molecule has 3 heteroatoms. The zero-order chi connectivity index (χ0) is 9.42. The predicted octanol–water partition coefficient (Wildman–Crippen LogP) is 0.923. The number of rotatable bonds is 1. The number of carbonyl (C=O) groups is 1. The normalized spacial score (nSPS) is 43.2.